The molecule has 1 heterocycles. The molecule has 5 heteroatoms. The Morgan fingerprint density at radius 2 is 2.27 bits per heavy atom. The Kier molecular flexibility index (Phi) is 2.87. The highest BCUT2D eigenvalue weighted by Crippen LogP contribution is 2.12. The van der Waals surface area contributed by atoms with Crippen molar-refractivity contribution in [1.82, 2.24) is 10.2 Å². The lowest BCUT2D eigenvalue weighted by atomic mass is 10.2. The summed E-state index contributed by atoms with van der Waals surface area (Å²) in [7, 11) is 0. The largest absolute Gasteiger partial charge is 0.408 e. The zero-order valence-corrected chi connectivity index (χ0v) is 8.95. The van der Waals surface area contributed by atoms with Crippen LogP contribution in [0.25, 0.3) is 0 Å². The summed E-state index contributed by atoms with van der Waals surface area (Å²) in [5, 5.41) is 11.3. The van der Waals surface area contributed by atoms with Crippen molar-refractivity contribution in [3.63, 3.8) is 0 Å². The lowest BCUT2D eigenvalue weighted by Crippen LogP contribution is -1.99. The number of hydrogen-bond donors (Lipinski definition) is 1. The van der Waals surface area contributed by atoms with E-state index in [1.165, 1.54) is 0 Å². The van der Waals surface area contributed by atoms with Gasteiger partial charge in [0, 0.05) is 18.5 Å². The number of anilines is 1. The van der Waals surface area contributed by atoms with Crippen molar-refractivity contribution in [2.75, 3.05) is 5.32 Å². The standard InChI is InChI=1S/C10H10ClN3O/c1-7-13-14-10(15-7)12-6-8-3-2-4-9(11)5-8/h2-5H,6H2,1H3,(H,12,14). The summed E-state index contributed by atoms with van der Waals surface area (Å²) in [6.07, 6.45) is 0. The second-order valence-corrected chi connectivity index (χ2v) is 3.55. The number of halogens is 1. The van der Waals surface area contributed by atoms with Gasteiger partial charge in [-0.05, 0) is 17.7 Å². The molecule has 0 radical (unpaired) electrons. The minimum Gasteiger partial charge on any atom is -0.408 e. The minimum atomic E-state index is 0.424. The van der Waals surface area contributed by atoms with Gasteiger partial charge in [-0.1, -0.05) is 28.8 Å². The molecule has 0 saturated carbocycles. The molecule has 1 N–H and O–H groups in total. The first kappa shape index (κ1) is 9.98. The third kappa shape index (κ3) is 2.70. The monoisotopic (exact) mass is 223 g/mol. The molecule has 2 aromatic rings. The zero-order chi connectivity index (χ0) is 10.7. The molecule has 0 bridgehead atoms. The van der Waals surface area contributed by atoms with E-state index < -0.39 is 0 Å². The van der Waals surface area contributed by atoms with Crippen LogP contribution in [0.1, 0.15) is 11.5 Å². The fourth-order valence-electron chi connectivity index (χ4n) is 1.19. The van der Waals surface area contributed by atoms with Gasteiger partial charge >= 0.3 is 6.01 Å². The molecule has 1 aromatic carbocycles. The average molecular weight is 224 g/mol. The SMILES string of the molecule is Cc1nnc(NCc2cccc(Cl)c2)o1. The van der Waals surface area contributed by atoms with Crippen molar-refractivity contribution < 1.29 is 4.42 Å². The number of aryl methyl sites for hydroxylation is 1. The number of rotatable bonds is 3. The highest BCUT2D eigenvalue weighted by Gasteiger charge is 2.01. The lowest BCUT2D eigenvalue weighted by molar-refractivity contribution is 0.530. The van der Waals surface area contributed by atoms with Crippen molar-refractivity contribution in [2.45, 2.75) is 13.5 Å². The smallest absolute Gasteiger partial charge is 0.315 e. The van der Waals surface area contributed by atoms with Crippen LogP contribution < -0.4 is 5.32 Å². The summed E-state index contributed by atoms with van der Waals surface area (Å²) in [5.41, 5.74) is 1.07. The summed E-state index contributed by atoms with van der Waals surface area (Å²) >= 11 is 5.85. The van der Waals surface area contributed by atoms with Gasteiger partial charge in [0.25, 0.3) is 0 Å². The predicted molar refractivity (Wildman–Crippen MR) is 57.8 cm³/mol. The predicted octanol–water partition coefficient (Wildman–Crippen LogP) is 2.64. The fourth-order valence-corrected chi connectivity index (χ4v) is 1.41. The van der Waals surface area contributed by atoms with Crippen molar-refractivity contribution in [3.8, 4) is 0 Å². The second kappa shape index (κ2) is 4.31. The van der Waals surface area contributed by atoms with Gasteiger partial charge in [0.05, 0.1) is 0 Å². The highest BCUT2D eigenvalue weighted by atomic mass is 35.5. The minimum absolute atomic E-state index is 0.424. The van der Waals surface area contributed by atoms with Gasteiger partial charge in [0.15, 0.2) is 0 Å². The Labute approximate surface area is 92.3 Å². The molecular formula is C10H10ClN3O. The fraction of sp³-hybridized carbons (Fsp3) is 0.200. The molecule has 1 aromatic heterocycles. The van der Waals surface area contributed by atoms with E-state index in [4.69, 9.17) is 16.0 Å². The van der Waals surface area contributed by atoms with Gasteiger partial charge in [0.1, 0.15) is 0 Å². The van der Waals surface area contributed by atoms with Gasteiger partial charge in [-0.15, -0.1) is 5.10 Å². The Bertz CT molecular complexity index is 455. The molecule has 0 aliphatic rings. The third-order valence-electron chi connectivity index (χ3n) is 1.86. The molecule has 0 aliphatic heterocycles. The van der Waals surface area contributed by atoms with E-state index in [9.17, 15) is 0 Å². The first-order valence-electron chi connectivity index (χ1n) is 4.52. The van der Waals surface area contributed by atoms with Crippen LogP contribution in [-0.2, 0) is 6.54 Å². The van der Waals surface area contributed by atoms with Gasteiger partial charge in [-0.25, -0.2) is 0 Å². The number of nitrogens with zero attached hydrogens (tertiary/aromatic N) is 2. The van der Waals surface area contributed by atoms with E-state index in [2.05, 4.69) is 15.5 Å². The van der Waals surface area contributed by atoms with Crippen LogP contribution in [0.15, 0.2) is 28.7 Å². The summed E-state index contributed by atoms with van der Waals surface area (Å²) < 4.78 is 5.17. The van der Waals surface area contributed by atoms with E-state index in [0.29, 0.717) is 18.5 Å². The lowest BCUT2D eigenvalue weighted by Gasteiger charge is -2.01. The first-order valence-corrected chi connectivity index (χ1v) is 4.90. The van der Waals surface area contributed by atoms with Gasteiger partial charge in [-0.3, -0.25) is 0 Å². The van der Waals surface area contributed by atoms with E-state index in [1.54, 1.807) is 6.92 Å². The highest BCUT2D eigenvalue weighted by molar-refractivity contribution is 6.30. The van der Waals surface area contributed by atoms with Gasteiger partial charge < -0.3 is 9.73 Å². The maximum atomic E-state index is 5.85. The first-order chi connectivity index (χ1) is 7.24. The maximum Gasteiger partial charge on any atom is 0.315 e. The molecule has 0 saturated heterocycles. The number of benzene rings is 1. The van der Waals surface area contributed by atoms with Crippen LogP contribution in [0, 0.1) is 6.92 Å². The summed E-state index contributed by atoms with van der Waals surface area (Å²) in [6, 6.07) is 8.02. The molecule has 0 spiro atoms. The van der Waals surface area contributed by atoms with E-state index in [-0.39, 0.29) is 0 Å². The van der Waals surface area contributed by atoms with Crippen molar-refractivity contribution >= 4 is 17.6 Å². The van der Waals surface area contributed by atoms with E-state index in [1.807, 2.05) is 24.3 Å². The zero-order valence-electron chi connectivity index (χ0n) is 8.20. The molecular weight excluding hydrogens is 214 g/mol. The number of hydrogen-bond acceptors (Lipinski definition) is 4. The van der Waals surface area contributed by atoms with Crippen molar-refractivity contribution in [2.24, 2.45) is 0 Å². The number of aromatic nitrogens is 2. The molecule has 0 atom stereocenters. The van der Waals surface area contributed by atoms with Gasteiger partial charge in [0.2, 0.25) is 5.89 Å². The van der Waals surface area contributed by atoms with Crippen LogP contribution in [-0.4, -0.2) is 10.2 Å². The normalized spacial score (nSPS) is 10.3. The van der Waals surface area contributed by atoms with Crippen LogP contribution in [0.5, 0.6) is 0 Å². The van der Waals surface area contributed by atoms with E-state index >= 15 is 0 Å². The number of nitrogens with one attached hydrogen (secondary N) is 1. The third-order valence-corrected chi connectivity index (χ3v) is 2.09. The second-order valence-electron chi connectivity index (χ2n) is 3.11. The molecule has 0 amide bonds. The molecule has 15 heavy (non-hydrogen) atoms. The Morgan fingerprint density at radius 3 is 2.93 bits per heavy atom. The quantitative estimate of drug-likeness (QED) is 0.869. The molecule has 0 fully saturated rings. The molecule has 0 aliphatic carbocycles. The van der Waals surface area contributed by atoms with E-state index in [0.717, 1.165) is 10.6 Å². The Morgan fingerprint density at radius 1 is 1.40 bits per heavy atom. The molecule has 2 rings (SSSR count). The molecule has 0 unspecified atom stereocenters. The molecule has 78 valence electrons. The summed E-state index contributed by atoms with van der Waals surface area (Å²) in [4.78, 5) is 0. The van der Waals surface area contributed by atoms with Crippen LogP contribution in [0.2, 0.25) is 5.02 Å². The topological polar surface area (TPSA) is 51.0 Å². The molecule has 4 nitrogen and oxygen atoms in total. The van der Waals surface area contributed by atoms with Gasteiger partial charge in [-0.2, -0.15) is 0 Å². The Hall–Kier alpha value is -1.55. The van der Waals surface area contributed by atoms with Crippen molar-refractivity contribution in [1.29, 1.82) is 0 Å². The Balaban J connectivity index is 1.99. The van der Waals surface area contributed by atoms with Crippen molar-refractivity contribution in [3.05, 3.63) is 40.7 Å². The summed E-state index contributed by atoms with van der Waals surface area (Å²) in [5.74, 6) is 0.545. The van der Waals surface area contributed by atoms with Crippen LogP contribution >= 0.6 is 11.6 Å². The average Bonchev–Trinajstić information content (AvgIpc) is 2.62. The van der Waals surface area contributed by atoms with Crippen LogP contribution in [0.3, 0.4) is 0 Å². The summed E-state index contributed by atoms with van der Waals surface area (Å²) in [6.45, 7) is 2.36. The van der Waals surface area contributed by atoms with Crippen LogP contribution in [0.4, 0.5) is 6.01 Å². The maximum absolute atomic E-state index is 5.85.